The minimum atomic E-state index is -3.43. The van der Waals surface area contributed by atoms with Crippen molar-refractivity contribution < 1.29 is 8.42 Å². The fourth-order valence-electron chi connectivity index (χ4n) is 3.76. The molecule has 0 unspecified atom stereocenters. The fourth-order valence-corrected chi connectivity index (χ4v) is 4.75. The van der Waals surface area contributed by atoms with E-state index in [-0.39, 0.29) is 10.9 Å². The number of pyridine rings is 1. The van der Waals surface area contributed by atoms with E-state index in [1.165, 1.54) is 5.56 Å². The van der Waals surface area contributed by atoms with Crippen LogP contribution in [0.3, 0.4) is 0 Å². The highest BCUT2D eigenvalue weighted by molar-refractivity contribution is 7.91. The highest BCUT2D eigenvalue weighted by Crippen LogP contribution is 2.21. The molecule has 0 aliphatic heterocycles. The summed E-state index contributed by atoms with van der Waals surface area (Å²) in [5, 5.41) is 1.26. The van der Waals surface area contributed by atoms with Gasteiger partial charge in [-0.2, -0.15) is 0 Å². The highest BCUT2D eigenvalue weighted by Gasteiger charge is 2.22. The average Bonchev–Trinajstić information content (AvgIpc) is 3.17. The van der Waals surface area contributed by atoms with Gasteiger partial charge in [0.2, 0.25) is 15.0 Å². The summed E-state index contributed by atoms with van der Waals surface area (Å²) in [6.07, 6.45) is 3.49. The lowest BCUT2D eigenvalue weighted by Crippen LogP contribution is -2.21. The van der Waals surface area contributed by atoms with Crippen LogP contribution in [0.2, 0.25) is 0 Å². The van der Waals surface area contributed by atoms with Gasteiger partial charge < -0.3 is 4.57 Å². The molecule has 0 saturated heterocycles. The van der Waals surface area contributed by atoms with Crippen LogP contribution in [0.15, 0.2) is 78.2 Å². The highest BCUT2D eigenvalue weighted by atomic mass is 32.2. The monoisotopic (exact) mass is 434 g/mol. The Labute approximate surface area is 183 Å². The van der Waals surface area contributed by atoms with Gasteiger partial charge in [0.05, 0.1) is 29.7 Å². The van der Waals surface area contributed by atoms with Gasteiger partial charge in [-0.25, -0.2) is 13.4 Å². The van der Waals surface area contributed by atoms with Crippen LogP contribution < -0.4 is 0 Å². The molecule has 4 aromatic rings. The Morgan fingerprint density at radius 2 is 1.74 bits per heavy atom. The molecular weight excluding hydrogens is 408 g/mol. The first-order chi connectivity index (χ1) is 15.0. The Hall–Kier alpha value is -3.03. The molecular formula is C24H26N4O2S. The lowest BCUT2D eigenvalue weighted by molar-refractivity contribution is 0.310. The number of imidazole rings is 1. The Morgan fingerprint density at radius 1 is 0.935 bits per heavy atom. The van der Waals surface area contributed by atoms with Gasteiger partial charge in [0.25, 0.3) is 0 Å². The zero-order valence-electron chi connectivity index (χ0n) is 17.8. The van der Waals surface area contributed by atoms with Crippen LogP contribution in [0.1, 0.15) is 23.7 Å². The van der Waals surface area contributed by atoms with E-state index >= 15 is 0 Å². The Morgan fingerprint density at radius 3 is 2.52 bits per heavy atom. The molecule has 0 aliphatic carbocycles. The van der Waals surface area contributed by atoms with Gasteiger partial charge in [0, 0.05) is 24.7 Å². The summed E-state index contributed by atoms with van der Waals surface area (Å²) in [4.78, 5) is 10.9. The summed E-state index contributed by atoms with van der Waals surface area (Å²) in [6, 6.07) is 20.0. The minimum absolute atomic E-state index is 0.0249. The maximum Gasteiger partial charge on any atom is 0.228 e. The van der Waals surface area contributed by atoms with Gasteiger partial charge in [-0.05, 0) is 30.3 Å². The Balaban J connectivity index is 1.63. The van der Waals surface area contributed by atoms with Crippen molar-refractivity contribution in [1.29, 1.82) is 0 Å². The van der Waals surface area contributed by atoms with Crippen molar-refractivity contribution >= 4 is 20.7 Å². The van der Waals surface area contributed by atoms with Gasteiger partial charge >= 0.3 is 0 Å². The molecule has 0 N–H and O–H groups in total. The summed E-state index contributed by atoms with van der Waals surface area (Å²) in [6.45, 7) is 3.42. The second-order valence-electron chi connectivity index (χ2n) is 7.67. The lowest BCUT2D eigenvalue weighted by atomic mass is 10.1. The molecule has 2 aromatic heterocycles. The Kier molecular flexibility index (Phi) is 6.15. The van der Waals surface area contributed by atoms with E-state index in [1.54, 1.807) is 19.3 Å². The van der Waals surface area contributed by atoms with Crippen molar-refractivity contribution in [3.63, 3.8) is 0 Å². The Bertz CT molecular complexity index is 1280. The van der Waals surface area contributed by atoms with Crippen molar-refractivity contribution in [2.24, 2.45) is 0 Å². The van der Waals surface area contributed by atoms with E-state index in [0.717, 1.165) is 28.7 Å². The third-order valence-electron chi connectivity index (χ3n) is 5.35. The molecule has 2 heterocycles. The lowest BCUT2D eigenvalue weighted by Gasteiger charge is -2.19. The molecule has 0 bridgehead atoms. The summed E-state index contributed by atoms with van der Waals surface area (Å²) in [5.41, 5.74) is 4.07. The molecule has 7 heteroatoms. The first kappa shape index (κ1) is 21.2. The molecule has 0 saturated carbocycles. The molecule has 6 nitrogen and oxygen atoms in total. The molecule has 0 radical (unpaired) electrons. The maximum atomic E-state index is 12.6. The van der Waals surface area contributed by atoms with Crippen LogP contribution in [-0.4, -0.2) is 40.7 Å². The minimum Gasteiger partial charge on any atom is -0.313 e. The number of fused-ring (bicyclic) bond motifs is 1. The number of hydrogen-bond acceptors (Lipinski definition) is 5. The number of rotatable bonds is 8. The van der Waals surface area contributed by atoms with Crippen molar-refractivity contribution in [3.8, 4) is 0 Å². The molecule has 31 heavy (non-hydrogen) atoms. The molecule has 2 aromatic carbocycles. The molecule has 0 spiro atoms. The van der Waals surface area contributed by atoms with Gasteiger partial charge in [-0.1, -0.05) is 55.5 Å². The predicted molar refractivity (Wildman–Crippen MR) is 122 cm³/mol. The van der Waals surface area contributed by atoms with Gasteiger partial charge in [-0.15, -0.1) is 0 Å². The standard InChI is InChI=1S/C24H26N4O2S/c1-3-31(29,30)24-26-15-21(28(24)16-19-9-5-4-6-10-19)18-27(2)17-20-11-7-13-23-22(20)12-8-14-25-23/h4-15H,3,16-18H2,1-2H3. The van der Waals surface area contributed by atoms with E-state index in [4.69, 9.17) is 0 Å². The van der Waals surface area contributed by atoms with E-state index < -0.39 is 9.84 Å². The van der Waals surface area contributed by atoms with Crippen LogP contribution in [0.5, 0.6) is 0 Å². The predicted octanol–water partition coefficient (Wildman–Crippen LogP) is 3.91. The van der Waals surface area contributed by atoms with Crippen LogP contribution in [0.25, 0.3) is 10.9 Å². The quantitative estimate of drug-likeness (QED) is 0.421. The number of nitrogens with zero attached hydrogens (tertiary/aromatic N) is 4. The average molecular weight is 435 g/mol. The van der Waals surface area contributed by atoms with Crippen LogP contribution in [0.4, 0.5) is 0 Å². The van der Waals surface area contributed by atoms with Crippen LogP contribution >= 0.6 is 0 Å². The third-order valence-corrected chi connectivity index (χ3v) is 6.99. The number of hydrogen-bond donors (Lipinski definition) is 0. The largest absolute Gasteiger partial charge is 0.313 e. The van der Waals surface area contributed by atoms with Gasteiger partial charge in [-0.3, -0.25) is 9.88 Å². The second kappa shape index (κ2) is 8.99. The van der Waals surface area contributed by atoms with E-state index in [2.05, 4.69) is 27.0 Å². The van der Waals surface area contributed by atoms with Crippen molar-refractivity contribution in [2.75, 3.05) is 12.8 Å². The number of sulfone groups is 1. The molecule has 4 rings (SSSR count). The summed E-state index contributed by atoms with van der Waals surface area (Å²) < 4.78 is 27.1. The molecule has 0 atom stereocenters. The van der Waals surface area contributed by atoms with Gasteiger partial charge in [0.15, 0.2) is 0 Å². The summed E-state index contributed by atoms with van der Waals surface area (Å²) in [5.74, 6) is 0.0249. The van der Waals surface area contributed by atoms with E-state index in [9.17, 15) is 8.42 Å². The molecule has 160 valence electrons. The normalized spacial score (nSPS) is 12.0. The summed E-state index contributed by atoms with van der Waals surface area (Å²) in [7, 11) is -1.40. The SMILES string of the molecule is CCS(=O)(=O)c1ncc(CN(C)Cc2cccc3ncccc23)n1Cc1ccccc1. The maximum absolute atomic E-state index is 12.6. The van der Waals surface area contributed by atoms with E-state index in [1.807, 2.05) is 60.1 Å². The molecule has 0 amide bonds. The first-order valence-electron chi connectivity index (χ1n) is 10.3. The van der Waals surface area contributed by atoms with Crippen LogP contribution in [0, 0.1) is 0 Å². The number of aromatic nitrogens is 3. The fraction of sp³-hybridized carbons (Fsp3) is 0.250. The molecule has 0 aliphatic rings. The molecule has 0 fully saturated rings. The third kappa shape index (κ3) is 4.68. The van der Waals surface area contributed by atoms with Crippen molar-refractivity contribution in [2.45, 2.75) is 31.7 Å². The zero-order chi connectivity index (χ0) is 21.8. The van der Waals surface area contributed by atoms with Crippen LogP contribution in [-0.2, 0) is 29.5 Å². The van der Waals surface area contributed by atoms with Crippen molar-refractivity contribution in [3.05, 3.63) is 89.9 Å². The summed E-state index contributed by atoms with van der Waals surface area (Å²) >= 11 is 0. The second-order valence-corrected chi connectivity index (χ2v) is 9.84. The smallest absolute Gasteiger partial charge is 0.228 e. The zero-order valence-corrected chi connectivity index (χ0v) is 18.6. The van der Waals surface area contributed by atoms with E-state index in [0.29, 0.717) is 13.1 Å². The topological polar surface area (TPSA) is 68.1 Å². The number of benzene rings is 2. The first-order valence-corrected chi connectivity index (χ1v) is 12.0. The van der Waals surface area contributed by atoms with Crippen molar-refractivity contribution in [1.82, 2.24) is 19.4 Å². The van der Waals surface area contributed by atoms with Gasteiger partial charge in [0.1, 0.15) is 0 Å².